The second-order valence-electron chi connectivity index (χ2n) is 8.48. The lowest BCUT2D eigenvalue weighted by Gasteiger charge is -2.40. The van der Waals surface area contributed by atoms with Crippen LogP contribution in [0.15, 0.2) is 18.2 Å². The molecular formula is C23H30FN3O4. The van der Waals surface area contributed by atoms with E-state index in [4.69, 9.17) is 10.00 Å². The quantitative estimate of drug-likeness (QED) is 0.669. The second kappa shape index (κ2) is 10.4. The number of likely N-dealkylation sites (tertiary alicyclic amines) is 1. The van der Waals surface area contributed by atoms with Gasteiger partial charge < -0.3 is 15.0 Å². The molecule has 0 aliphatic carbocycles. The van der Waals surface area contributed by atoms with Crippen LogP contribution in [0.25, 0.3) is 0 Å². The van der Waals surface area contributed by atoms with Crippen molar-refractivity contribution >= 4 is 17.8 Å². The minimum Gasteiger partial charge on any atom is -0.469 e. The van der Waals surface area contributed by atoms with Crippen molar-refractivity contribution in [2.45, 2.75) is 52.5 Å². The van der Waals surface area contributed by atoms with E-state index >= 15 is 0 Å². The average Bonchev–Trinajstić information content (AvgIpc) is 2.76. The Bertz CT molecular complexity index is 870. The highest BCUT2D eigenvalue weighted by molar-refractivity contribution is 5.95. The van der Waals surface area contributed by atoms with Crippen LogP contribution in [0.1, 0.15) is 62.4 Å². The minimum atomic E-state index is -0.900. The van der Waals surface area contributed by atoms with Gasteiger partial charge in [-0.2, -0.15) is 5.26 Å². The molecule has 2 rings (SSSR count). The van der Waals surface area contributed by atoms with Gasteiger partial charge >= 0.3 is 5.97 Å². The Morgan fingerprint density at radius 3 is 2.48 bits per heavy atom. The van der Waals surface area contributed by atoms with Crippen LogP contribution >= 0.6 is 0 Å². The molecule has 1 fully saturated rings. The topological polar surface area (TPSA) is 99.5 Å². The van der Waals surface area contributed by atoms with Gasteiger partial charge in [0.1, 0.15) is 5.82 Å². The van der Waals surface area contributed by atoms with Gasteiger partial charge in [0, 0.05) is 25.6 Å². The molecule has 0 radical (unpaired) electrons. The van der Waals surface area contributed by atoms with Crippen LogP contribution in [0.4, 0.5) is 4.39 Å². The zero-order valence-corrected chi connectivity index (χ0v) is 18.5. The highest BCUT2D eigenvalue weighted by Crippen LogP contribution is 2.30. The maximum atomic E-state index is 14.2. The molecule has 8 heteroatoms. The summed E-state index contributed by atoms with van der Waals surface area (Å²) in [5, 5.41) is 11.6. The number of hydrogen-bond donors (Lipinski definition) is 1. The van der Waals surface area contributed by atoms with Crippen molar-refractivity contribution in [3.63, 3.8) is 0 Å². The van der Waals surface area contributed by atoms with Crippen molar-refractivity contribution in [2.75, 3.05) is 20.2 Å². The first-order chi connectivity index (χ1) is 14.6. The molecule has 1 aromatic rings. The van der Waals surface area contributed by atoms with Crippen LogP contribution in [0.5, 0.6) is 0 Å². The number of hydrogen-bond acceptors (Lipinski definition) is 5. The maximum absolute atomic E-state index is 14.2. The van der Waals surface area contributed by atoms with Gasteiger partial charge in [-0.25, -0.2) is 4.39 Å². The van der Waals surface area contributed by atoms with E-state index in [0.717, 1.165) is 18.9 Å². The molecule has 1 unspecified atom stereocenters. The lowest BCUT2D eigenvalue weighted by Crippen LogP contribution is -2.54. The third kappa shape index (κ3) is 5.81. The highest BCUT2D eigenvalue weighted by Gasteiger charge is 2.40. The van der Waals surface area contributed by atoms with Gasteiger partial charge in [0.05, 0.1) is 29.7 Å². The van der Waals surface area contributed by atoms with Crippen LogP contribution in [0, 0.1) is 28.5 Å². The summed E-state index contributed by atoms with van der Waals surface area (Å²) in [5.74, 6) is -1.53. The largest absolute Gasteiger partial charge is 0.469 e. The number of amides is 2. The molecule has 1 heterocycles. The molecule has 31 heavy (non-hydrogen) atoms. The normalized spacial score (nSPS) is 15.7. The molecule has 0 saturated carbocycles. The Labute approximate surface area is 182 Å². The molecule has 168 valence electrons. The summed E-state index contributed by atoms with van der Waals surface area (Å²) in [4.78, 5) is 39.1. The molecule has 0 spiro atoms. The number of ether oxygens (including phenoxy) is 1. The number of benzene rings is 1. The monoisotopic (exact) mass is 431 g/mol. The molecule has 1 saturated heterocycles. The van der Waals surface area contributed by atoms with E-state index in [2.05, 4.69) is 5.32 Å². The SMILES string of the molecule is CCC(NC(=O)c1ccc(C#N)cc1F)C(C)(C)C(=O)N1CCC(CC(=O)OC)CC1. The van der Waals surface area contributed by atoms with E-state index in [1.54, 1.807) is 18.7 Å². The van der Waals surface area contributed by atoms with Crippen molar-refractivity contribution in [2.24, 2.45) is 11.3 Å². The van der Waals surface area contributed by atoms with Crippen molar-refractivity contribution in [3.8, 4) is 6.07 Å². The summed E-state index contributed by atoms with van der Waals surface area (Å²) in [5.41, 5.74) is -0.931. The van der Waals surface area contributed by atoms with Gasteiger partial charge in [-0.05, 0) is 57.2 Å². The molecule has 1 aliphatic heterocycles. The number of carbonyl (C=O) groups is 3. The number of rotatable bonds is 7. The number of nitriles is 1. The van der Waals surface area contributed by atoms with E-state index in [1.165, 1.54) is 19.2 Å². The Morgan fingerprint density at radius 2 is 1.97 bits per heavy atom. The summed E-state index contributed by atoms with van der Waals surface area (Å²) in [6.07, 6.45) is 2.28. The number of esters is 1. The minimum absolute atomic E-state index is 0.0866. The first-order valence-corrected chi connectivity index (χ1v) is 10.5. The second-order valence-corrected chi connectivity index (χ2v) is 8.48. The fourth-order valence-electron chi connectivity index (χ4n) is 4.01. The Morgan fingerprint density at radius 1 is 1.32 bits per heavy atom. The zero-order valence-electron chi connectivity index (χ0n) is 18.5. The number of halogens is 1. The summed E-state index contributed by atoms with van der Waals surface area (Å²) in [6.45, 7) is 6.49. The first-order valence-electron chi connectivity index (χ1n) is 10.5. The van der Waals surface area contributed by atoms with E-state index in [1.807, 2.05) is 13.0 Å². The van der Waals surface area contributed by atoms with Gasteiger partial charge in [0.15, 0.2) is 0 Å². The van der Waals surface area contributed by atoms with Crippen molar-refractivity contribution < 1.29 is 23.5 Å². The molecule has 0 bridgehead atoms. The predicted molar refractivity (Wildman–Crippen MR) is 112 cm³/mol. The number of carbonyl (C=O) groups excluding carboxylic acids is 3. The first kappa shape index (κ1) is 24.3. The summed E-state index contributed by atoms with van der Waals surface area (Å²) >= 11 is 0. The fraction of sp³-hybridized carbons (Fsp3) is 0.565. The van der Waals surface area contributed by atoms with Crippen LogP contribution in [0.3, 0.4) is 0 Å². The molecule has 1 N–H and O–H groups in total. The van der Waals surface area contributed by atoms with Gasteiger partial charge in [0.2, 0.25) is 5.91 Å². The zero-order chi connectivity index (χ0) is 23.2. The lowest BCUT2D eigenvalue weighted by molar-refractivity contribution is -0.144. The Kier molecular flexibility index (Phi) is 8.14. The Hall–Kier alpha value is -2.95. The highest BCUT2D eigenvalue weighted by atomic mass is 19.1. The van der Waals surface area contributed by atoms with E-state index in [0.29, 0.717) is 25.9 Å². The summed E-state index contributed by atoms with van der Waals surface area (Å²) in [6, 6.07) is 5.00. The average molecular weight is 432 g/mol. The van der Waals surface area contributed by atoms with Crippen LogP contribution in [0.2, 0.25) is 0 Å². The molecule has 0 aromatic heterocycles. The van der Waals surface area contributed by atoms with Crippen molar-refractivity contribution in [3.05, 3.63) is 35.1 Å². The number of nitrogens with zero attached hydrogens (tertiary/aromatic N) is 2. The van der Waals surface area contributed by atoms with Crippen molar-refractivity contribution in [1.82, 2.24) is 10.2 Å². The molecular weight excluding hydrogens is 401 g/mol. The number of piperidine rings is 1. The smallest absolute Gasteiger partial charge is 0.305 e. The standard InChI is InChI=1S/C23H30FN3O4/c1-5-19(26-21(29)17-7-6-16(14-25)12-18(17)24)23(2,3)22(30)27-10-8-15(9-11-27)13-20(28)31-4/h6-7,12,15,19H,5,8-11,13H2,1-4H3,(H,26,29). The third-order valence-electron chi connectivity index (χ3n) is 6.06. The molecule has 1 atom stereocenters. The number of methoxy groups -OCH3 is 1. The maximum Gasteiger partial charge on any atom is 0.305 e. The van der Waals surface area contributed by atoms with Gasteiger partial charge in [-0.15, -0.1) is 0 Å². The third-order valence-corrected chi connectivity index (χ3v) is 6.06. The van der Waals surface area contributed by atoms with E-state index in [9.17, 15) is 18.8 Å². The van der Waals surface area contributed by atoms with Gasteiger partial charge in [-0.3, -0.25) is 14.4 Å². The molecule has 7 nitrogen and oxygen atoms in total. The van der Waals surface area contributed by atoms with Crippen LogP contribution in [-0.2, 0) is 14.3 Å². The summed E-state index contributed by atoms with van der Waals surface area (Å²) in [7, 11) is 1.37. The Balaban J connectivity index is 2.05. The van der Waals surface area contributed by atoms with Gasteiger partial charge in [-0.1, -0.05) is 6.92 Å². The van der Waals surface area contributed by atoms with Crippen LogP contribution in [-0.4, -0.2) is 48.9 Å². The number of nitrogens with one attached hydrogen (secondary N) is 1. The molecule has 1 aliphatic rings. The fourth-order valence-corrected chi connectivity index (χ4v) is 4.01. The van der Waals surface area contributed by atoms with Crippen molar-refractivity contribution in [1.29, 1.82) is 5.26 Å². The van der Waals surface area contributed by atoms with Crippen LogP contribution < -0.4 is 5.32 Å². The predicted octanol–water partition coefficient (Wildman–Crippen LogP) is 3.03. The lowest BCUT2D eigenvalue weighted by atomic mass is 9.80. The van der Waals surface area contributed by atoms with E-state index < -0.39 is 23.2 Å². The van der Waals surface area contributed by atoms with E-state index in [-0.39, 0.29) is 28.9 Å². The molecule has 1 aromatic carbocycles. The van der Waals surface area contributed by atoms with Gasteiger partial charge in [0.25, 0.3) is 5.91 Å². The summed E-state index contributed by atoms with van der Waals surface area (Å²) < 4.78 is 18.9. The molecule has 2 amide bonds.